The van der Waals surface area contributed by atoms with Crippen LogP contribution in [0.15, 0.2) is 81.9 Å². The molecule has 6 heteroatoms. The highest BCUT2D eigenvalue weighted by molar-refractivity contribution is 6.24. The van der Waals surface area contributed by atoms with Gasteiger partial charge >= 0.3 is 11.9 Å². The fourth-order valence-corrected chi connectivity index (χ4v) is 2.82. The van der Waals surface area contributed by atoms with E-state index in [1.165, 1.54) is 0 Å². The Bertz CT molecular complexity index is 1110. The summed E-state index contributed by atoms with van der Waals surface area (Å²) in [4.78, 5) is 28.5. The predicted molar refractivity (Wildman–Crippen MR) is 107 cm³/mol. The normalized spacial score (nSPS) is 14.6. The summed E-state index contributed by atoms with van der Waals surface area (Å²) < 4.78 is 11.1. The Balaban J connectivity index is 1.44. The average Bonchev–Trinajstić information content (AvgIpc) is 3.35. The van der Waals surface area contributed by atoms with Crippen LogP contribution in [0.5, 0.6) is 0 Å². The fraction of sp³-hybridized carbons (Fsp3) is 0.0870. The number of furan rings is 1. The van der Waals surface area contributed by atoms with Crippen molar-refractivity contribution in [2.75, 3.05) is 0 Å². The summed E-state index contributed by atoms with van der Waals surface area (Å²) in [6.07, 6.45) is 1.59. The zero-order valence-corrected chi connectivity index (χ0v) is 15.6. The number of hydrogen-bond acceptors (Lipinski definition) is 6. The number of nitrogens with zero attached hydrogens (tertiary/aromatic N) is 1. The van der Waals surface area contributed by atoms with E-state index < -0.39 is 5.97 Å². The van der Waals surface area contributed by atoms with Crippen LogP contribution in [0.4, 0.5) is 0 Å². The van der Waals surface area contributed by atoms with Gasteiger partial charge in [0.05, 0.1) is 16.8 Å². The Kier molecular flexibility index (Phi) is 5.07. The molecule has 2 aromatic carbocycles. The van der Waals surface area contributed by atoms with Gasteiger partial charge in [-0.15, -0.1) is 0 Å². The molecule has 1 aliphatic rings. The molecular weight excluding hydrogens is 370 g/mol. The van der Waals surface area contributed by atoms with Crippen LogP contribution in [-0.2, 0) is 21.0 Å². The van der Waals surface area contributed by atoms with E-state index in [2.05, 4.69) is 9.99 Å². The summed E-state index contributed by atoms with van der Waals surface area (Å²) in [5, 5.41) is 3.63. The van der Waals surface area contributed by atoms with E-state index in [9.17, 15) is 9.59 Å². The van der Waals surface area contributed by atoms with Crippen LogP contribution < -0.4 is 0 Å². The standard InChI is InChI=1S/C23H17NO5/c1-15-20(23(26)29-24-15)13-19-11-12-21(28-19)17-7-9-18(10-8-17)22(25)27-14-16-5-3-2-4-6-16/h2-13H,14H2,1H3/b20-13-. The van der Waals surface area contributed by atoms with Crippen molar-refractivity contribution in [3.8, 4) is 11.3 Å². The molecule has 0 N–H and O–H groups in total. The van der Waals surface area contributed by atoms with Crippen molar-refractivity contribution in [1.29, 1.82) is 0 Å². The predicted octanol–water partition coefficient (Wildman–Crippen LogP) is 4.62. The number of ether oxygens (including phenoxy) is 1. The molecule has 0 saturated heterocycles. The maximum atomic E-state index is 12.2. The Morgan fingerprint density at radius 1 is 1.03 bits per heavy atom. The van der Waals surface area contributed by atoms with Gasteiger partial charge in [0, 0.05) is 5.56 Å². The Morgan fingerprint density at radius 3 is 2.48 bits per heavy atom. The van der Waals surface area contributed by atoms with Gasteiger partial charge in [0.15, 0.2) is 0 Å². The molecule has 0 unspecified atom stereocenters. The number of benzene rings is 2. The maximum Gasteiger partial charge on any atom is 0.367 e. The molecule has 3 aromatic rings. The van der Waals surface area contributed by atoms with Gasteiger partial charge in [-0.1, -0.05) is 47.6 Å². The van der Waals surface area contributed by atoms with Gasteiger partial charge in [-0.25, -0.2) is 9.59 Å². The molecule has 0 saturated carbocycles. The second kappa shape index (κ2) is 7.98. The van der Waals surface area contributed by atoms with Crippen LogP contribution in [0, 0.1) is 0 Å². The van der Waals surface area contributed by atoms with E-state index in [0.29, 0.717) is 28.4 Å². The molecule has 0 amide bonds. The lowest BCUT2D eigenvalue weighted by Crippen LogP contribution is -2.04. The van der Waals surface area contributed by atoms with Crippen molar-refractivity contribution < 1.29 is 23.6 Å². The monoisotopic (exact) mass is 387 g/mol. The number of hydrogen-bond donors (Lipinski definition) is 0. The minimum Gasteiger partial charge on any atom is -0.457 e. The second-order valence-corrected chi connectivity index (χ2v) is 6.45. The first kappa shape index (κ1) is 18.4. The molecule has 0 radical (unpaired) electrons. The zero-order valence-electron chi connectivity index (χ0n) is 15.6. The first-order valence-corrected chi connectivity index (χ1v) is 8.99. The van der Waals surface area contributed by atoms with Crippen LogP contribution in [0.2, 0.25) is 0 Å². The lowest BCUT2D eigenvalue weighted by Gasteiger charge is -2.05. The summed E-state index contributed by atoms with van der Waals surface area (Å²) in [6.45, 7) is 1.92. The molecule has 0 spiro atoms. The lowest BCUT2D eigenvalue weighted by molar-refractivity contribution is -0.136. The Morgan fingerprint density at radius 2 is 1.79 bits per heavy atom. The summed E-state index contributed by atoms with van der Waals surface area (Å²) in [5.74, 6) is 0.232. The molecule has 2 heterocycles. The molecule has 144 valence electrons. The summed E-state index contributed by atoms with van der Waals surface area (Å²) in [6, 6.07) is 20.0. The molecule has 1 aromatic heterocycles. The van der Waals surface area contributed by atoms with Gasteiger partial charge in [-0.3, -0.25) is 0 Å². The quantitative estimate of drug-likeness (QED) is 0.363. The van der Waals surface area contributed by atoms with Crippen molar-refractivity contribution in [1.82, 2.24) is 0 Å². The van der Waals surface area contributed by atoms with E-state index in [1.54, 1.807) is 49.4 Å². The van der Waals surface area contributed by atoms with Gasteiger partial charge < -0.3 is 14.0 Å². The third-order valence-corrected chi connectivity index (χ3v) is 4.41. The lowest BCUT2D eigenvalue weighted by atomic mass is 10.1. The van der Waals surface area contributed by atoms with Crippen molar-refractivity contribution in [3.63, 3.8) is 0 Å². The molecular formula is C23H17NO5. The van der Waals surface area contributed by atoms with Gasteiger partial charge in [-0.05, 0) is 42.8 Å². The van der Waals surface area contributed by atoms with Gasteiger partial charge in [0.2, 0.25) is 0 Å². The van der Waals surface area contributed by atoms with Crippen molar-refractivity contribution in [3.05, 3.63) is 89.2 Å². The first-order valence-electron chi connectivity index (χ1n) is 8.99. The van der Waals surface area contributed by atoms with E-state index in [1.807, 2.05) is 30.3 Å². The van der Waals surface area contributed by atoms with Crippen LogP contribution in [-0.4, -0.2) is 17.7 Å². The molecule has 4 rings (SSSR count). The van der Waals surface area contributed by atoms with Gasteiger partial charge in [0.1, 0.15) is 18.1 Å². The fourth-order valence-electron chi connectivity index (χ4n) is 2.82. The van der Waals surface area contributed by atoms with E-state index in [-0.39, 0.29) is 12.6 Å². The van der Waals surface area contributed by atoms with Crippen LogP contribution in [0.1, 0.15) is 28.6 Å². The maximum absolute atomic E-state index is 12.2. The van der Waals surface area contributed by atoms with E-state index in [0.717, 1.165) is 11.1 Å². The first-order chi connectivity index (χ1) is 14.1. The van der Waals surface area contributed by atoms with E-state index >= 15 is 0 Å². The topological polar surface area (TPSA) is 78.1 Å². The minimum absolute atomic E-state index is 0.225. The van der Waals surface area contributed by atoms with Crippen LogP contribution in [0.25, 0.3) is 17.4 Å². The van der Waals surface area contributed by atoms with Crippen LogP contribution in [0.3, 0.4) is 0 Å². The summed E-state index contributed by atoms with van der Waals surface area (Å²) in [7, 11) is 0. The third kappa shape index (κ3) is 4.16. The number of esters is 1. The molecule has 0 atom stereocenters. The van der Waals surface area contributed by atoms with Gasteiger partial charge in [-0.2, -0.15) is 0 Å². The largest absolute Gasteiger partial charge is 0.457 e. The number of rotatable bonds is 5. The number of oxime groups is 1. The zero-order chi connectivity index (χ0) is 20.2. The summed E-state index contributed by atoms with van der Waals surface area (Å²) >= 11 is 0. The highest BCUT2D eigenvalue weighted by atomic mass is 16.7. The minimum atomic E-state index is -0.501. The average molecular weight is 387 g/mol. The van der Waals surface area contributed by atoms with E-state index in [4.69, 9.17) is 9.15 Å². The molecule has 0 bridgehead atoms. The van der Waals surface area contributed by atoms with Crippen molar-refractivity contribution in [2.45, 2.75) is 13.5 Å². The molecule has 6 nitrogen and oxygen atoms in total. The van der Waals surface area contributed by atoms with Crippen molar-refractivity contribution >= 4 is 23.7 Å². The Hall–Kier alpha value is -3.93. The Labute approximate surface area is 167 Å². The summed E-state index contributed by atoms with van der Waals surface area (Å²) in [5.41, 5.74) is 3.06. The molecule has 0 fully saturated rings. The highest BCUT2D eigenvalue weighted by Crippen LogP contribution is 2.25. The molecule has 29 heavy (non-hydrogen) atoms. The number of carbonyl (C=O) groups excluding carboxylic acids is 2. The van der Waals surface area contributed by atoms with Crippen molar-refractivity contribution in [2.24, 2.45) is 5.16 Å². The third-order valence-electron chi connectivity index (χ3n) is 4.41. The number of carbonyl (C=O) groups is 2. The SMILES string of the molecule is CC1=NOC(=O)/C1=C\c1ccc(-c2ccc(C(=O)OCc3ccccc3)cc2)o1. The van der Waals surface area contributed by atoms with Gasteiger partial charge in [0.25, 0.3) is 0 Å². The second-order valence-electron chi connectivity index (χ2n) is 6.45. The van der Waals surface area contributed by atoms with Crippen LogP contribution >= 0.6 is 0 Å². The molecule has 0 aliphatic carbocycles. The highest BCUT2D eigenvalue weighted by Gasteiger charge is 2.22. The smallest absolute Gasteiger partial charge is 0.367 e. The molecule has 1 aliphatic heterocycles.